The highest BCUT2D eigenvalue weighted by molar-refractivity contribution is 7.89. The zero-order valence-corrected chi connectivity index (χ0v) is 15.4. The van der Waals surface area contributed by atoms with Gasteiger partial charge in [-0.25, -0.2) is 13.1 Å². The zero-order chi connectivity index (χ0) is 17.4. The van der Waals surface area contributed by atoms with E-state index in [1.807, 2.05) is 13.8 Å². The molecule has 0 aliphatic carbocycles. The number of rotatable bonds is 9. The fourth-order valence-corrected chi connectivity index (χ4v) is 3.84. The van der Waals surface area contributed by atoms with E-state index in [2.05, 4.69) is 9.62 Å². The van der Waals surface area contributed by atoms with Crippen LogP contribution in [0.2, 0.25) is 0 Å². The first-order valence-corrected chi connectivity index (χ1v) is 10.2. The van der Waals surface area contributed by atoms with E-state index in [4.69, 9.17) is 9.47 Å². The molecule has 24 heavy (non-hydrogen) atoms. The van der Waals surface area contributed by atoms with Gasteiger partial charge < -0.3 is 14.4 Å². The Morgan fingerprint density at radius 2 is 1.71 bits per heavy atom. The Labute approximate surface area is 145 Å². The lowest BCUT2D eigenvalue weighted by Gasteiger charge is -2.26. The van der Waals surface area contributed by atoms with Gasteiger partial charge in [-0.15, -0.1) is 0 Å². The van der Waals surface area contributed by atoms with Gasteiger partial charge in [0.15, 0.2) is 11.5 Å². The van der Waals surface area contributed by atoms with E-state index in [-0.39, 0.29) is 4.90 Å². The van der Waals surface area contributed by atoms with Gasteiger partial charge in [-0.3, -0.25) is 0 Å². The van der Waals surface area contributed by atoms with E-state index in [0.717, 1.165) is 19.6 Å². The number of benzene rings is 1. The highest BCUT2D eigenvalue weighted by Crippen LogP contribution is 2.30. The SMILES string of the molecule is CCOc1ccc(S(=O)(=O)NCCN2CCCCC2)cc1OCC. The summed E-state index contributed by atoms with van der Waals surface area (Å²) in [5.74, 6) is 1.02. The van der Waals surface area contributed by atoms with Crippen molar-refractivity contribution in [1.29, 1.82) is 0 Å². The van der Waals surface area contributed by atoms with Gasteiger partial charge in [-0.1, -0.05) is 6.42 Å². The first-order valence-electron chi connectivity index (χ1n) is 8.68. The Morgan fingerprint density at radius 3 is 2.38 bits per heavy atom. The Hall–Kier alpha value is -1.31. The van der Waals surface area contributed by atoms with Crippen LogP contribution in [0.3, 0.4) is 0 Å². The molecule has 136 valence electrons. The summed E-state index contributed by atoms with van der Waals surface area (Å²) >= 11 is 0. The predicted molar refractivity (Wildman–Crippen MR) is 94.3 cm³/mol. The second-order valence-electron chi connectivity index (χ2n) is 5.77. The van der Waals surface area contributed by atoms with E-state index in [1.54, 1.807) is 12.1 Å². The summed E-state index contributed by atoms with van der Waals surface area (Å²) in [4.78, 5) is 2.50. The Kier molecular flexibility index (Phi) is 7.33. The standard InChI is InChI=1S/C17H28N2O4S/c1-3-22-16-9-8-15(14-17(16)23-4-2)24(20,21)18-10-13-19-11-6-5-7-12-19/h8-9,14,18H,3-7,10-13H2,1-2H3. The Balaban J connectivity index is 2.00. The number of hydrogen-bond acceptors (Lipinski definition) is 5. The molecule has 0 spiro atoms. The van der Waals surface area contributed by atoms with Crippen LogP contribution in [-0.4, -0.2) is 52.7 Å². The molecule has 2 rings (SSSR count). The normalized spacial score (nSPS) is 16.1. The van der Waals surface area contributed by atoms with Gasteiger partial charge in [0, 0.05) is 19.2 Å². The average Bonchev–Trinajstić information content (AvgIpc) is 2.57. The lowest BCUT2D eigenvalue weighted by Crippen LogP contribution is -2.37. The van der Waals surface area contributed by atoms with Crippen LogP contribution in [0, 0.1) is 0 Å². The molecule has 1 aliphatic heterocycles. The molecule has 0 atom stereocenters. The molecule has 0 amide bonds. The largest absolute Gasteiger partial charge is 0.490 e. The van der Waals surface area contributed by atoms with Crippen molar-refractivity contribution in [2.45, 2.75) is 38.0 Å². The maximum absolute atomic E-state index is 12.5. The minimum absolute atomic E-state index is 0.202. The average molecular weight is 356 g/mol. The Morgan fingerprint density at radius 1 is 1.04 bits per heavy atom. The summed E-state index contributed by atoms with van der Waals surface area (Å²) in [7, 11) is -3.55. The van der Waals surface area contributed by atoms with E-state index in [0.29, 0.717) is 31.3 Å². The van der Waals surface area contributed by atoms with Gasteiger partial charge in [0.1, 0.15) is 0 Å². The number of nitrogens with one attached hydrogen (secondary N) is 1. The first-order chi connectivity index (χ1) is 11.6. The van der Waals surface area contributed by atoms with Crippen molar-refractivity contribution in [3.05, 3.63) is 18.2 Å². The summed E-state index contributed by atoms with van der Waals surface area (Å²) in [5.41, 5.74) is 0. The summed E-state index contributed by atoms with van der Waals surface area (Å²) in [5, 5.41) is 0. The van der Waals surface area contributed by atoms with E-state index >= 15 is 0 Å². The molecular weight excluding hydrogens is 328 g/mol. The van der Waals surface area contributed by atoms with Crippen LogP contribution < -0.4 is 14.2 Å². The van der Waals surface area contributed by atoms with Crippen molar-refractivity contribution in [1.82, 2.24) is 9.62 Å². The molecule has 0 saturated carbocycles. The maximum Gasteiger partial charge on any atom is 0.240 e. The first kappa shape index (κ1) is 19.0. The molecule has 1 aliphatic rings. The van der Waals surface area contributed by atoms with E-state index in [1.165, 1.54) is 25.3 Å². The van der Waals surface area contributed by atoms with Crippen molar-refractivity contribution in [2.24, 2.45) is 0 Å². The molecule has 1 fully saturated rings. The molecule has 0 bridgehead atoms. The topological polar surface area (TPSA) is 67.9 Å². The van der Waals surface area contributed by atoms with E-state index in [9.17, 15) is 8.42 Å². The number of hydrogen-bond donors (Lipinski definition) is 1. The zero-order valence-electron chi connectivity index (χ0n) is 14.6. The van der Waals surface area contributed by atoms with Crippen molar-refractivity contribution in [2.75, 3.05) is 39.4 Å². The molecule has 0 radical (unpaired) electrons. The van der Waals surface area contributed by atoms with Crippen LogP contribution in [0.25, 0.3) is 0 Å². The lowest BCUT2D eigenvalue weighted by atomic mass is 10.1. The molecular formula is C17H28N2O4S. The third-order valence-corrected chi connectivity index (χ3v) is 5.45. The van der Waals surface area contributed by atoms with Crippen LogP contribution in [0.5, 0.6) is 11.5 Å². The highest BCUT2D eigenvalue weighted by atomic mass is 32.2. The molecule has 0 unspecified atom stereocenters. The second-order valence-corrected chi connectivity index (χ2v) is 7.54. The number of nitrogens with zero attached hydrogens (tertiary/aromatic N) is 1. The van der Waals surface area contributed by atoms with Crippen molar-refractivity contribution in [3.8, 4) is 11.5 Å². The van der Waals surface area contributed by atoms with Crippen LogP contribution >= 0.6 is 0 Å². The fraction of sp³-hybridized carbons (Fsp3) is 0.647. The third kappa shape index (κ3) is 5.36. The number of ether oxygens (including phenoxy) is 2. The minimum Gasteiger partial charge on any atom is -0.490 e. The van der Waals surface area contributed by atoms with Gasteiger partial charge in [-0.05, 0) is 51.9 Å². The van der Waals surface area contributed by atoms with Crippen molar-refractivity contribution >= 4 is 10.0 Å². The monoisotopic (exact) mass is 356 g/mol. The molecule has 1 N–H and O–H groups in total. The quantitative estimate of drug-likeness (QED) is 0.735. The summed E-state index contributed by atoms with van der Waals surface area (Å²) in [6.07, 6.45) is 3.67. The van der Waals surface area contributed by atoms with E-state index < -0.39 is 10.0 Å². The number of likely N-dealkylation sites (tertiary alicyclic amines) is 1. The molecule has 1 heterocycles. The van der Waals surface area contributed by atoms with Gasteiger partial charge >= 0.3 is 0 Å². The molecule has 0 aromatic heterocycles. The Bertz CT molecular complexity index is 613. The summed E-state index contributed by atoms with van der Waals surface area (Å²) in [6, 6.07) is 4.72. The lowest BCUT2D eigenvalue weighted by molar-refractivity contribution is 0.233. The van der Waals surface area contributed by atoms with Gasteiger partial charge in [-0.2, -0.15) is 0 Å². The smallest absolute Gasteiger partial charge is 0.240 e. The molecule has 6 nitrogen and oxygen atoms in total. The number of sulfonamides is 1. The molecule has 1 aromatic rings. The minimum atomic E-state index is -3.55. The number of piperidine rings is 1. The molecule has 1 saturated heterocycles. The van der Waals surface area contributed by atoms with Gasteiger partial charge in [0.25, 0.3) is 0 Å². The van der Waals surface area contributed by atoms with Crippen LogP contribution in [-0.2, 0) is 10.0 Å². The summed E-state index contributed by atoms with van der Waals surface area (Å²) in [6.45, 7) is 7.95. The van der Waals surface area contributed by atoms with Crippen molar-refractivity contribution < 1.29 is 17.9 Å². The van der Waals surface area contributed by atoms with Crippen LogP contribution in [0.15, 0.2) is 23.1 Å². The van der Waals surface area contributed by atoms with Crippen LogP contribution in [0.1, 0.15) is 33.1 Å². The highest BCUT2D eigenvalue weighted by Gasteiger charge is 2.18. The predicted octanol–water partition coefficient (Wildman–Crippen LogP) is 2.25. The third-order valence-electron chi connectivity index (χ3n) is 3.99. The summed E-state index contributed by atoms with van der Waals surface area (Å²) < 4.78 is 38.6. The maximum atomic E-state index is 12.5. The molecule has 7 heteroatoms. The molecule has 1 aromatic carbocycles. The van der Waals surface area contributed by atoms with Crippen LogP contribution in [0.4, 0.5) is 0 Å². The fourth-order valence-electron chi connectivity index (χ4n) is 2.80. The van der Waals surface area contributed by atoms with Gasteiger partial charge in [0.2, 0.25) is 10.0 Å². The van der Waals surface area contributed by atoms with Gasteiger partial charge in [0.05, 0.1) is 18.1 Å². The second kappa shape index (κ2) is 9.25. The van der Waals surface area contributed by atoms with Crippen molar-refractivity contribution in [3.63, 3.8) is 0 Å².